The van der Waals surface area contributed by atoms with Crippen LogP contribution in [0, 0.1) is 0 Å². The van der Waals surface area contributed by atoms with E-state index in [1.165, 1.54) is 0 Å². The van der Waals surface area contributed by atoms with Gasteiger partial charge < -0.3 is 10.1 Å². The summed E-state index contributed by atoms with van der Waals surface area (Å²) in [5.41, 5.74) is 2.93. The minimum absolute atomic E-state index is 0.296. The molecule has 0 radical (unpaired) electrons. The topological polar surface area (TPSA) is 21.3 Å². The van der Waals surface area contributed by atoms with Gasteiger partial charge in [0, 0.05) is 37.8 Å². The van der Waals surface area contributed by atoms with Gasteiger partial charge in [0.25, 0.3) is 0 Å². The Morgan fingerprint density at radius 2 is 1.50 bits per heavy atom. The molecule has 164 valence electrons. The molecule has 2 nitrogen and oxygen atoms in total. The van der Waals surface area contributed by atoms with Crippen LogP contribution in [0.15, 0.2) is 72.8 Å². The molecule has 0 aliphatic rings. The van der Waals surface area contributed by atoms with E-state index in [1.54, 1.807) is 6.07 Å². The minimum Gasteiger partial charge on any atom is -0.488 e. The number of hydrogen-bond acceptors (Lipinski definition) is 2. The van der Waals surface area contributed by atoms with Crippen LogP contribution in [0.4, 0.5) is 0 Å². The number of halogens is 4. The van der Waals surface area contributed by atoms with Gasteiger partial charge in [0.15, 0.2) is 0 Å². The van der Waals surface area contributed by atoms with Gasteiger partial charge in [-0.05, 0) is 59.6 Å². The van der Waals surface area contributed by atoms with Gasteiger partial charge in [-0.15, -0.1) is 0 Å². The van der Waals surface area contributed by atoms with Gasteiger partial charge in [0.05, 0.1) is 0 Å². The highest BCUT2D eigenvalue weighted by Crippen LogP contribution is 2.31. The second-order valence-electron chi connectivity index (χ2n) is 7.41. The summed E-state index contributed by atoms with van der Waals surface area (Å²) in [6, 6.07) is 23.4. The van der Waals surface area contributed by atoms with Crippen LogP contribution in [0.25, 0.3) is 10.8 Å². The molecule has 0 amide bonds. The first kappa shape index (κ1) is 23.2. The smallest absolute Gasteiger partial charge is 0.124 e. The van der Waals surface area contributed by atoms with Crippen LogP contribution >= 0.6 is 46.4 Å². The number of fused-ring (bicyclic) bond motifs is 1. The lowest BCUT2D eigenvalue weighted by Crippen LogP contribution is -2.18. The Balaban J connectivity index is 1.51. The molecule has 0 fully saturated rings. The fraction of sp³-hybridized carbons (Fsp3) is 0.154. The molecule has 4 aromatic rings. The van der Waals surface area contributed by atoms with Crippen LogP contribution in [-0.2, 0) is 19.6 Å². The number of hydrogen-bond donors (Lipinski definition) is 1. The van der Waals surface area contributed by atoms with E-state index in [0.29, 0.717) is 33.2 Å². The van der Waals surface area contributed by atoms with Crippen molar-refractivity contribution in [2.75, 3.05) is 6.54 Å². The van der Waals surface area contributed by atoms with E-state index < -0.39 is 0 Å². The molecule has 0 aliphatic carbocycles. The van der Waals surface area contributed by atoms with Crippen molar-refractivity contribution in [3.05, 3.63) is 110 Å². The zero-order valence-corrected chi connectivity index (χ0v) is 20.2. The molecular formula is C26H21Cl4NO. The van der Waals surface area contributed by atoms with Crippen LogP contribution in [0.2, 0.25) is 20.1 Å². The summed E-state index contributed by atoms with van der Waals surface area (Å²) in [4.78, 5) is 0. The van der Waals surface area contributed by atoms with Crippen LogP contribution < -0.4 is 10.1 Å². The second kappa shape index (κ2) is 10.8. The molecule has 4 aromatic carbocycles. The maximum absolute atomic E-state index is 6.32. The fourth-order valence-corrected chi connectivity index (χ4v) is 4.62. The molecule has 1 N–H and O–H groups in total. The molecule has 0 atom stereocenters. The molecular weight excluding hydrogens is 484 g/mol. The Morgan fingerprint density at radius 1 is 0.719 bits per heavy atom. The van der Waals surface area contributed by atoms with Crippen molar-refractivity contribution in [3.8, 4) is 5.75 Å². The number of ether oxygens (including phenoxy) is 1. The van der Waals surface area contributed by atoms with Crippen molar-refractivity contribution < 1.29 is 4.74 Å². The first-order chi connectivity index (χ1) is 15.5. The average Bonchev–Trinajstić information content (AvgIpc) is 2.78. The predicted octanol–water partition coefficient (Wildman–Crippen LogP) is 8.36. The van der Waals surface area contributed by atoms with Crippen molar-refractivity contribution in [2.24, 2.45) is 0 Å². The molecule has 0 aliphatic heterocycles. The van der Waals surface area contributed by atoms with E-state index in [0.717, 1.165) is 46.2 Å². The second-order valence-corrected chi connectivity index (χ2v) is 9.07. The summed E-state index contributed by atoms with van der Waals surface area (Å²) in [6.45, 7) is 1.71. The van der Waals surface area contributed by atoms with Crippen molar-refractivity contribution in [3.63, 3.8) is 0 Å². The summed E-state index contributed by atoms with van der Waals surface area (Å²) in [7, 11) is 0. The predicted molar refractivity (Wildman–Crippen MR) is 137 cm³/mol. The maximum Gasteiger partial charge on any atom is 0.124 e. The summed E-state index contributed by atoms with van der Waals surface area (Å²) in [6.07, 6.45) is 0.798. The number of nitrogens with one attached hydrogen (secondary N) is 1. The van der Waals surface area contributed by atoms with Crippen LogP contribution in [0.3, 0.4) is 0 Å². The molecule has 0 aromatic heterocycles. The zero-order valence-electron chi connectivity index (χ0n) is 17.2. The Bertz CT molecular complexity index is 1220. The maximum atomic E-state index is 6.32. The summed E-state index contributed by atoms with van der Waals surface area (Å²) < 4.78 is 6.20. The lowest BCUT2D eigenvalue weighted by atomic mass is 10.0. The van der Waals surface area contributed by atoms with Gasteiger partial charge in [-0.1, -0.05) is 88.9 Å². The Morgan fingerprint density at radius 3 is 2.28 bits per heavy atom. The minimum atomic E-state index is 0.296. The third-order valence-corrected chi connectivity index (χ3v) is 6.61. The van der Waals surface area contributed by atoms with Gasteiger partial charge in [-0.2, -0.15) is 0 Å². The lowest BCUT2D eigenvalue weighted by Gasteiger charge is -2.16. The largest absolute Gasteiger partial charge is 0.488 e. The highest BCUT2D eigenvalue weighted by atomic mass is 35.5. The first-order valence-electron chi connectivity index (χ1n) is 10.2. The van der Waals surface area contributed by atoms with Crippen molar-refractivity contribution in [2.45, 2.75) is 19.6 Å². The molecule has 0 unspecified atom stereocenters. The van der Waals surface area contributed by atoms with E-state index in [4.69, 9.17) is 51.1 Å². The highest BCUT2D eigenvalue weighted by molar-refractivity contribution is 6.36. The number of rotatable bonds is 8. The summed E-state index contributed by atoms with van der Waals surface area (Å²) in [5, 5.41) is 8.34. The Labute approximate surface area is 208 Å². The molecule has 0 bridgehead atoms. The van der Waals surface area contributed by atoms with Gasteiger partial charge in [-0.3, -0.25) is 0 Å². The van der Waals surface area contributed by atoms with E-state index in [1.807, 2.05) is 48.5 Å². The highest BCUT2D eigenvalue weighted by Gasteiger charge is 2.12. The van der Waals surface area contributed by atoms with Crippen molar-refractivity contribution in [1.82, 2.24) is 5.32 Å². The fourth-order valence-electron chi connectivity index (χ4n) is 3.61. The molecule has 6 heteroatoms. The monoisotopic (exact) mass is 503 g/mol. The summed E-state index contributed by atoms with van der Waals surface area (Å²) >= 11 is 24.9. The molecule has 0 saturated carbocycles. The zero-order chi connectivity index (χ0) is 22.5. The third kappa shape index (κ3) is 5.51. The van der Waals surface area contributed by atoms with Gasteiger partial charge in [-0.25, -0.2) is 0 Å². The van der Waals surface area contributed by atoms with E-state index >= 15 is 0 Å². The Hall–Kier alpha value is -1.94. The van der Waals surface area contributed by atoms with Crippen LogP contribution in [0.1, 0.15) is 16.7 Å². The lowest BCUT2D eigenvalue weighted by molar-refractivity contribution is 0.303. The summed E-state index contributed by atoms with van der Waals surface area (Å²) in [5.74, 6) is 0.803. The van der Waals surface area contributed by atoms with E-state index in [-0.39, 0.29) is 0 Å². The van der Waals surface area contributed by atoms with Gasteiger partial charge >= 0.3 is 0 Å². The van der Waals surface area contributed by atoms with E-state index in [9.17, 15) is 0 Å². The van der Waals surface area contributed by atoms with E-state index in [2.05, 4.69) is 23.5 Å². The average molecular weight is 505 g/mol. The SMILES string of the molecule is Clc1ccc(CCNCc2c(OCc3c(Cl)cccc3Cl)ccc3ccccc23)c(Cl)c1. The quantitative estimate of drug-likeness (QED) is 0.243. The standard InChI is InChI=1S/C26H21Cl4NO/c27-19-10-8-18(25(30)14-19)12-13-31-15-21-20-5-2-1-4-17(20)9-11-26(21)32-16-22-23(28)6-3-7-24(22)29/h1-11,14,31H,12-13,15-16H2. The van der Waals surface area contributed by atoms with Crippen molar-refractivity contribution >= 4 is 57.2 Å². The van der Waals surface area contributed by atoms with Crippen LogP contribution in [-0.4, -0.2) is 6.54 Å². The third-order valence-electron chi connectivity index (χ3n) is 5.32. The molecule has 0 spiro atoms. The molecule has 32 heavy (non-hydrogen) atoms. The van der Waals surface area contributed by atoms with Crippen LogP contribution in [0.5, 0.6) is 5.75 Å². The normalized spacial score (nSPS) is 11.1. The Kier molecular flexibility index (Phi) is 7.83. The molecule has 0 saturated heterocycles. The molecule has 4 rings (SSSR count). The first-order valence-corrected chi connectivity index (χ1v) is 11.7. The van der Waals surface area contributed by atoms with Gasteiger partial charge in [0.2, 0.25) is 0 Å². The molecule has 0 heterocycles. The van der Waals surface area contributed by atoms with Gasteiger partial charge in [0.1, 0.15) is 12.4 Å². The number of benzene rings is 4. The van der Waals surface area contributed by atoms with Crippen molar-refractivity contribution in [1.29, 1.82) is 0 Å².